The lowest BCUT2D eigenvalue weighted by Gasteiger charge is -2.22. The maximum atomic E-state index is 5.66. The van der Waals surface area contributed by atoms with E-state index < -0.39 is 0 Å². The van der Waals surface area contributed by atoms with Crippen molar-refractivity contribution in [2.24, 2.45) is 4.99 Å². The molecule has 128 valence electrons. The minimum Gasteiger partial charge on any atom is -0.469 e. The molecule has 0 bridgehead atoms. The van der Waals surface area contributed by atoms with Gasteiger partial charge in [-0.3, -0.25) is 4.99 Å². The lowest BCUT2D eigenvalue weighted by atomic mass is 10.2. The summed E-state index contributed by atoms with van der Waals surface area (Å²) in [5.41, 5.74) is 0. The Morgan fingerprint density at radius 2 is 2.48 bits per heavy atom. The zero-order chi connectivity index (χ0) is 16.3. The Balaban J connectivity index is 1.83. The van der Waals surface area contributed by atoms with Crippen LogP contribution >= 0.6 is 0 Å². The molecule has 23 heavy (non-hydrogen) atoms. The molecule has 0 saturated carbocycles. The number of allylic oxidation sites excluding steroid dienone is 1. The van der Waals surface area contributed by atoms with Gasteiger partial charge in [0.2, 0.25) is 0 Å². The molecule has 5 nitrogen and oxygen atoms in total. The molecule has 1 unspecified atom stereocenters. The van der Waals surface area contributed by atoms with Crippen LogP contribution < -0.4 is 5.32 Å². The summed E-state index contributed by atoms with van der Waals surface area (Å²) in [6.45, 7) is 7.15. The first-order chi connectivity index (χ1) is 11.3. The zero-order valence-corrected chi connectivity index (χ0v) is 14.2. The van der Waals surface area contributed by atoms with Crippen molar-refractivity contribution < 1.29 is 9.15 Å². The lowest BCUT2D eigenvalue weighted by molar-refractivity contribution is 0.117. The Labute approximate surface area is 139 Å². The van der Waals surface area contributed by atoms with Crippen molar-refractivity contribution in [2.75, 3.05) is 33.3 Å². The van der Waals surface area contributed by atoms with Crippen molar-refractivity contribution in [3.63, 3.8) is 0 Å². The van der Waals surface area contributed by atoms with Crippen LogP contribution in [-0.2, 0) is 11.2 Å². The first-order valence-corrected chi connectivity index (χ1v) is 8.54. The fourth-order valence-electron chi connectivity index (χ4n) is 2.62. The summed E-state index contributed by atoms with van der Waals surface area (Å²) >= 11 is 0. The summed E-state index contributed by atoms with van der Waals surface area (Å²) in [4.78, 5) is 6.93. The number of hydrogen-bond acceptors (Lipinski definition) is 3. The number of nitrogens with one attached hydrogen (secondary N) is 1. The normalized spacial score (nSPS) is 18.1. The highest BCUT2D eigenvalue weighted by molar-refractivity contribution is 5.79. The maximum Gasteiger partial charge on any atom is 0.193 e. The smallest absolute Gasteiger partial charge is 0.193 e. The van der Waals surface area contributed by atoms with Gasteiger partial charge in [-0.2, -0.15) is 0 Å². The number of guanidine groups is 1. The van der Waals surface area contributed by atoms with Crippen molar-refractivity contribution in [1.82, 2.24) is 10.2 Å². The van der Waals surface area contributed by atoms with E-state index in [4.69, 9.17) is 14.1 Å². The van der Waals surface area contributed by atoms with Crippen LogP contribution in [0.5, 0.6) is 0 Å². The Hall–Kier alpha value is -1.75. The minimum atomic E-state index is 0.276. The number of hydrogen-bond donors (Lipinski definition) is 1. The van der Waals surface area contributed by atoms with Crippen LogP contribution in [0, 0.1) is 0 Å². The van der Waals surface area contributed by atoms with Crippen LogP contribution in [0.3, 0.4) is 0 Å². The molecule has 1 aromatic rings. The van der Waals surface area contributed by atoms with Gasteiger partial charge in [0.1, 0.15) is 5.76 Å². The van der Waals surface area contributed by atoms with Crippen LogP contribution in [0.4, 0.5) is 0 Å². The fourth-order valence-corrected chi connectivity index (χ4v) is 2.62. The van der Waals surface area contributed by atoms with Crippen LogP contribution in [-0.4, -0.2) is 50.3 Å². The molecular weight excluding hydrogens is 290 g/mol. The summed E-state index contributed by atoms with van der Waals surface area (Å²) < 4.78 is 11.0. The lowest BCUT2D eigenvalue weighted by Crippen LogP contribution is -2.41. The van der Waals surface area contributed by atoms with E-state index in [1.54, 1.807) is 6.26 Å². The van der Waals surface area contributed by atoms with Crippen LogP contribution in [0.15, 0.2) is 40.5 Å². The van der Waals surface area contributed by atoms with Gasteiger partial charge in [0, 0.05) is 33.2 Å². The van der Waals surface area contributed by atoms with Gasteiger partial charge >= 0.3 is 0 Å². The molecule has 1 aliphatic rings. The van der Waals surface area contributed by atoms with E-state index in [0.717, 1.165) is 70.1 Å². The maximum absolute atomic E-state index is 5.66. The molecular formula is C18H29N3O2. The molecule has 0 amide bonds. The molecule has 2 rings (SSSR count). The predicted molar refractivity (Wildman–Crippen MR) is 93.8 cm³/mol. The number of ether oxygens (including phenoxy) is 1. The third-order valence-corrected chi connectivity index (χ3v) is 3.97. The highest BCUT2D eigenvalue weighted by Gasteiger charge is 2.15. The van der Waals surface area contributed by atoms with Gasteiger partial charge in [-0.25, -0.2) is 0 Å². The largest absolute Gasteiger partial charge is 0.469 e. The van der Waals surface area contributed by atoms with Crippen molar-refractivity contribution in [1.29, 1.82) is 0 Å². The third-order valence-electron chi connectivity index (χ3n) is 3.97. The SMILES string of the molecule is C=CCCCN(C)C(=NCC1CCCO1)NCCc1ccco1. The molecule has 1 aliphatic heterocycles. The van der Waals surface area contributed by atoms with Crippen molar-refractivity contribution in [2.45, 2.75) is 38.2 Å². The number of aliphatic imine (C=N–C) groups is 1. The van der Waals surface area contributed by atoms with Gasteiger partial charge in [0.05, 0.1) is 18.9 Å². The molecule has 0 aromatic carbocycles. The first-order valence-electron chi connectivity index (χ1n) is 8.54. The van der Waals surface area contributed by atoms with Gasteiger partial charge in [-0.15, -0.1) is 6.58 Å². The molecule has 5 heteroatoms. The second-order valence-corrected chi connectivity index (χ2v) is 5.91. The Bertz CT molecular complexity index is 465. The van der Waals surface area contributed by atoms with Gasteiger partial charge in [0.25, 0.3) is 0 Å². The van der Waals surface area contributed by atoms with Gasteiger partial charge < -0.3 is 19.4 Å². The van der Waals surface area contributed by atoms with E-state index in [1.807, 2.05) is 18.2 Å². The molecule has 1 saturated heterocycles. The Morgan fingerprint density at radius 1 is 1.57 bits per heavy atom. The first kappa shape index (κ1) is 17.6. The Morgan fingerprint density at radius 3 is 3.17 bits per heavy atom. The number of unbranched alkanes of at least 4 members (excludes halogenated alkanes) is 1. The molecule has 1 aromatic heterocycles. The Kier molecular flexibility index (Phi) is 7.73. The molecule has 2 heterocycles. The molecule has 0 spiro atoms. The molecule has 0 radical (unpaired) electrons. The summed E-state index contributed by atoms with van der Waals surface area (Å²) in [6, 6.07) is 3.92. The number of furan rings is 1. The molecule has 0 aliphatic carbocycles. The number of nitrogens with zero attached hydrogens (tertiary/aromatic N) is 2. The summed E-state index contributed by atoms with van der Waals surface area (Å²) in [5.74, 6) is 1.93. The topological polar surface area (TPSA) is 50.0 Å². The van der Waals surface area contributed by atoms with Gasteiger partial charge in [0.15, 0.2) is 5.96 Å². The summed E-state index contributed by atoms with van der Waals surface area (Å²) in [7, 11) is 2.08. The van der Waals surface area contributed by atoms with Crippen molar-refractivity contribution in [3.8, 4) is 0 Å². The van der Waals surface area contributed by atoms with E-state index in [1.165, 1.54) is 0 Å². The van der Waals surface area contributed by atoms with E-state index in [-0.39, 0.29) is 6.10 Å². The van der Waals surface area contributed by atoms with Gasteiger partial charge in [-0.1, -0.05) is 6.08 Å². The van der Waals surface area contributed by atoms with Crippen LogP contribution in [0.25, 0.3) is 0 Å². The molecule has 1 N–H and O–H groups in total. The van der Waals surface area contributed by atoms with E-state index in [0.29, 0.717) is 0 Å². The van der Waals surface area contributed by atoms with Crippen LogP contribution in [0.1, 0.15) is 31.4 Å². The fraction of sp³-hybridized carbons (Fsp3) is 0.611. The highest BCUT2D eigenvalue weighted by Crippen LogP contribution is 2.12. The quantitative estimate of drug-likeness (QED) is 0.329. The average molecular weight is 319 g/mol. The third kappa shape index (κ3) is 6.48. The predicted octanol–water partition coefficient (Wildman–Crippen LogP) is 2.84. The van der Waals surface area contributed by atoms with E-state index in [9.17, 15) is 0 Å². The van der Waals surface area contributed by atoms with Crippen LogP contribution in [0.2, 0.25) is 0 Å². The number of rotatable bonds is 9. The summed E-state index contributed by atoms with van der Waals surface area (Å²) in [5, 5.41) is 3.44. The highest BCUT2D eigenvalue weighted by atomic mass is 16.5. The summed E-state index contributed by atoms with van der Waals surface area (Å²) in [6.07, 6.45) is 9.17. The standard InChI is InChI=1S/C18H29N3O2/c1-3-4-5-12-21(2)18(20-15-17-9-7-14-23-17)19-11-10-16-8-6-13-22-16/h3,6,8,13,17H,1,4-5,7,9-12,14-15H2,2H3,(H,19,20). The molecule has 1 atom stereocenters. The zero-order valence-electron chi connectivity index (χ0n) is 14.2. The second kappa shape index (κ2) is 10.1. The second-order valence-electron chi connectivity index (χ2n) is 5.91. The van der Waals surface area contributed by atoms with Crippen molar-refractivity contribution in [3.05, 3.63) is 36.8 Å². The van der Waals surface area contributed by atoms with Crippen molar-refractivity contribution >= 4 is 5.96 Å². The minimum absolute atomic E-state index is 0.276. The monoisotopic (exact) mass is 319 g/mol. The van der Waals surface area contributed by atoms with E-state index >= 15 is 0 Å². The molecule has 1 fully saturated rings. The van der Waals surface area contributed by atoms with Gasteiger partial charge in [-0.05, 0) is 37.8 Å². The average Bonchev–Trinajstić information content (AvgIpc) is 3.24. The van der Waals surface area contributed by atoms with E-state index in [2.05, 4.69) is 23.8 Å².